The molecule has 286 valence electrons. The minimum Gasteiger partial charge on any atom is -0.636 e. The third-order valence-corrected chi connectivity index (χ3v) is 6.04. The van der Waals surface area contributed by atoms with Crippen molar-refractivity contribution in [3.05, 3.63) is 21.3 Å². The van der Waals surface area contributed by atoms with Crippen LogP contribution in [-0.4, -0.2) is 124 Å². The predicted octanol–water partition coefficient (Wildman–Crippen LogP) is 1.86. The SMILES string of the molecule is COC(=O)[C@@H]1CC(F)(F)C(=O)[N-]1.COC(=O)[C@@H]1CC(F)(F)C(=O)[N-]1.COC(=O)[C@@H]1CC(F)(F)C(=O)[N-]1.COC(=O)[C@@H]1CC(F)(F)C(=O)[N-]1.[Rh+2].[Rh+2]. The van der Waals surface area contributed by atoms with Crippen molar-refractivity contribution in [1.29, 1.82) is 0 Å². The summed E-state index contributed by atoms with van der Waals surface area (Å²) in [5.41, 5.74) is 0. The predicted molar refractivity (Wildman–Crippen MR) is 135 cm³/mol. The van der Waals surface area contributed by atoms with Gasteiger partial charge in [-0.25, -0.2) is 0 Å². The van der Waals surface area contributed by atoms with Crippen molar-refractivity contribution in [2.45, 2.75) is 73.5 Å². The standard InChI is InChI=1S/4C6H7F2NO3.2Rh/c4*1-12-4(10)3-2-6(7,8)5(11)9-3;;/h4*3H,2H2,1H3,(H,9,11);;/q;;;;2*+2/p-4/t4*3-;;/m0000../s1. The first-order valence-electron chi connectivity index (χ1n) is 12.7. The minimum atomic E-state index is -3.50. The first-order valence-corrected chi connectivity index (χ1v) is 12.7. The smallest absolute Gasteiger partial charge is 0.636 e. The molecule has 4 amide bonds. The fourth-order valence-corrected chi connectivity index (χ4v) is 3.54. The quantitative estimate of drug-likeness (QED) is 0.170. The second-order valence-corrected chi connectivity index (χ2v) is 9.53. The van der Waals surface area contributed by atoms with Gasteiger partial charge < -0.3 is 59.4 Å². The molecule has 0 saturated carbocycles. The average molecular weight is 918 g/mol. The van der Waals surface area contributed by atoms with E-state index in [4.69, 9.17) is 0 Å². The fourth-order valence-electron chi connectivity index (χ4n) is 3.54. The molecule has 4 rings (SSSR count). The van der Waals surface area contributed by atoms with Gasteiger partial charge >= 0.3 is 39.0 Å². The Bertz CT molecular complexity index is 1120. The van der Waals surface area contributed by atoms with Gasteiger partial charge in [0.05, 0.1) is 28.4 Å². The molecule has 4 aliphatic heterocycles. The van der Waals surface area contributed by atoms with E-state index in [1.165, 1.54) is 0 Å². The van der Waals surface area contributed by atoms with E-state index >= 15 is 0 Å². The van der Waals surface area contributed by atoms with Gasteiger partial charge in [0.15, 0.2) is 0 Å². The molecule has 0 aromatic carbocycles. The first-order chi connectivity index (χ1) is 21.9. The molecule has 2 radical (unpaired) electrons. The first kappa shape index (κ1) is 48.6. The number of halogens is 8. The molecule has 0 N–H and O–H groups in total. The van der Waals surface area contributed by atoms with Crippen LogP contribution >= 0.6 is 0 Å². The van der Waals surface area contributed by atoms with Gasteiger partial charge in [-0.2, -0.15) is 35.1 Å². The third-order valence-electron chi connectivity index (χ3n) is 6.04. The van der Waals surface area contributed by atoms with Crippen LogP contribution < -0.4 is 0 Å². The summed E-state index contributed by atoms with van der Waals surface area (Å²) >= 11 is 0. The van der Waals surface area contributed by atoms with Crippen LogP contribution in [0.5, 0.6) is 0 Å². The number of ether oxygens (including phenoxy) is 4. The zero-order valence-corrected chi connectivity index (χ0v) is 28.8. The number of amides is 4. The Labute approximate surface area is 301 Å². The maximum Gasteiger partial charge on any atom is 2.00 e. The largest absolute Gasteiger partial charge is 2.00 e. The third kappa shape index (κ3) is 13.0. The molecular formula is C24H24F8N4O12Rh2. The normalized spacial score (nSPS) is 25.5. The van der Waals surface area contributed by atoms with Crippen LogP contribution in [0.15, 0.2) is 0 Å². The van der Waals surface area contributed by atoms with E-state index in [9.17, 15) is 73.5 Å². The zero-order chi connectivity index (χ0) is 37.4. The van der Waals surface area contributed by atoms with E-state index in [-0.39, 0.29) is 39.0 Å². The second-order valence-electron chi connectivity index (χ2n) is 9.53. The molecule has 16 nitrogen and oxygen atoms in total. The maximum atomic E-state index is 12.4. The van der Waals surface area contributed by atoms with Crippen molar-refractivity contribution in [3.63, 3.8) is 0 Å². The molecule has 4 aliphatic rings. The van der Waals surface area contributed by atoms with Gasteiger partial charge in [0.1, 0.15) is 23.6 Å². The molecule has 4 atom stereocenters. The van der Waals surface area contributed by atoms with Crippen LogP contribution in [0.25, 0.3) is 21.3 Å². The number of nitrogens with zero attached hydrogens (tertiary/aromatic N) is 4. The topological polar surface area (TPSA) is 230 Å². The number of methoxy groups -OCH3 is 4. The monoisotopic (exact) mass is 918 g/mol. The summed E-state index contributed by atoms with van der Waals surface area (Å²) in [6, 6.07) is -5.34. The van der Waals surface area contributed by atoms with Gasteiger partial charge in [0.25, 0.3) is 47.6 Å². The summed E-state index contributed by atoms with van der Waals surface area (Å²) in [6.45, 7) is 0. The zero-order valence-electron chi connectivity index (χ0n) is 25.5. The number of hydrogen-bond acceptors (Lipinski definition) is 12. The molecule has 4 saturated heterocycles. The molecule has 4 fully saturated rings. The summed E-state index contributed by atoms with van der Waals surface area (Å²) < 4.78 is 116. The van der Waals surface area contributed by atoms with E-state index in [1.807, 2.05) is 0 Å². The van der Waals surface area contributed by atoms with Crippen molar-refractivity contribution in [2.75, 3.05) is 28.4 Å². The van der Waals surface area contributed by atoms with Crippen LogP contribution in [0.4, 0.5) is 35.1 Å². The van der Waals surface area contributed by atoms with Crippen molar-refractivity contribution >= 4 is 47.5 Å². The van der Waals surface area contributed by atoms with Crippen LogP contribution in [0, 0.1) is 0 Å². The number of esters is 4. The molecule has 0 unspecified atom stereocenters. The van der Waals surface area contributed by atoms with E-state index < -0.39 is 121 Å². The fraction of sp³-hybridized carbons (Fsp3) is 0.667. The average Bonchev–Trinajstić information content (AvgIpc) is 3.66. The molecule has 0 aliphatic carbocycles. The van der Waals surface area contributed by atoms with Crippen molar-refractivity contribution < 1.29 is 131 Å². The van der Waals surface area contributed by atoms with Gasteiger partial charge in [0, 0.05) is 25.7 Å². The van der Waals surface area contributed by atoms with Crippen molar-refractivity contribution in [1.82, 2.24) is 0 Å². The van der Waals surface area contributed by atoms with Gasteiger partial charge in [-0.15, -0.1) is 0 Å². The van der Waals surface area contributed by atoms with Crippen LogP contribution in [0.1, 0.15) is 25.7 Å². The molecule has 50 heavy (non-hydrogen) atoms. The Morgan fingerprint density at radius 2 is 0.580 bits per heavy atom. The van der Waals surface area contributed by atoms with Gasteiger partial charge in [0.2, 0.25) is 0 Å². The van der Waals surface area contributed by atoms with Crippen LogP contribution in [-0.2, 0) is 96.3 Å². The Morgan fingerprint density at radius 3 is 0.660 bits per heavy atom. The molecule has 0 bridgehead atoms. The summed E-state index contributed by atoms with van der Waals surface area (Å²) in [7, 11) is 4.22. The van der Waals surface area contributed by atoms with Crippen LogP contribution in [0.3, 0.4) is 0 Å². The Morgan fingerprint density at radius 1 is 0.440 bits per heavy atom. The number of rotatable bonds is 4. The van der Waals surface area contributed by atoms with Crippen molar-refractivity contribution in [2.24, 2.45) is 0 Å². The summed E-state index contributed by atoms with van der Waals surface area (Å²) in [5.74, 6) is -23.8. The van der Waals surface area contributed by atoms with Crippen molar-refractivity contribution in [3.8, 4) is 0 Å². The maximum absolute atomic E-state index is 12.4. The van der Waals surface area contributed by atoms with Crippen LogP contribution in [0.2, 0.25) is 0 Å². The number of alkyl halides is 8. The summed E-state index contributed by atoms with van der Waals surface area (Å²) in [4.78, 5) is 84.2. The summed E-state index contributed by atoms with van der Waals surface area (Å²) in [6.07, 6.45) is -3.51. The van der Waals surface area contributed by atoms with E-state index in [2.05, 4.69) is 40.2 Å². The Balaban J connectivity index is 0. The Kier molecular flexibility index (Phi) is 18.6. The molecular weight excluding hydrogens is 894 g/mol. The molecule has 0 spiro atoms. The van der Waals surface area contributed by atoms with Gasteiger partial charge in [-0.3, -0.25) is 19.2 Å². The minimum absolute atomic E-state index is 0. The van der Waals surface area contributed by atoms with E-state index in [0.717, 1.165) is 28.4 Å². The molecule has 0 aromatic rings. The van der Waals surface area contributed by atoms with E-state index in [0.29, 0.717) is 0 Å². The summed E-state index contributed by atoms with van der Waals surface area (Å²) in [5, 5.41) is 11.8. The van der Waals surface area contributed by atoms with Gasteiger partial charge in [-0.05, 0) is 24.2 Å². The molecule has 4 heterocycles. The number of carbonyl (C=O) groups excluding carboxylic acids is 8. The molecule has 0 aromatic heterocycles. The van der Waals surface area contributed by atoms with Gasteiger partial charge in [-0.1, -0.05) is 0 Å². The number of carbonyl (C=O) groups is 8. The molecule has 26 heteroatoms. The Hall–Kier alpha value is -3.55. The number of hydrogen-bond donors (Lipinski definition) is 0. The van der Waals surface area contributed by atoms with E-state index in [1.54, 1.807) is 0 Å². The second kappa shape index (κ2) is 19.2.